The number of rotatable bonds is 4. The lowest BCUT2D eigenvalue weighted by Crippen LogP contribution is -2.37. The fourth-order valence-electron chi connectivity index (χ4n) is 2.28. The molecule has 0 atom stereocenters. The summed E-state index contributed by atoms with van der Waals surface area (Å²) in [7, 11) is 0. The number of carbonyl (C=O) groups excluding carboxylic acids is 1. The van der Waals surface area contributed by atoms with Crippen LogP contribution in [0.5, 0.6) is 0 Å². The van der Waals surface area contributed by atoms with E-state index in [2.05, 4.69) is 5.32 Å². The van der Waals surface area contributed by atoms with Crippen LogP contribution in [0.25, 0.3) is 0 Å². The maximum Gasteiger partial charge on any atom is 0.309 e. The third kappa shape index (κ3) is 3.22. The maximum absolute atomic E-state index is 11.2. The molecule has 1 saturated carbocycles. The van der Waals surface area contributed by atoms with Gasteiger partial charge in [-0.2, -0.15) is 0 Å². The van der Waals surface area contributed by atoms with Crippen LogP contribution in [-0.4, -0.2) is 23.5 Å². The van der Waals surface area contributed by atoms with Crippen molar-refractivity contribution in [1.82, 2.24) is 5.32 Å². The topological polar surface area (TPSA) is 66.4 Å². The zero-order valence-electron chi connectivity index (χ0n) is 9.21. The molecule has 1 rings (SSSR count). The van der Waals surface area contributed by atoms with Crippen molar-refractivity contribution in [2.75, 3.05) is 6.54 Å². The summed E-state index contributed by atoms with van der Waals surface area (Å²) >= 11 is 0. The molecule has 0 aromatic carbocycles. The summed E-state index contributed by atoms with van der Waals surface area (Å²) in [5, 5.41) is 11.9. The van der Waals surface area contributed by atoms with Gasteiger partial charge in [-0.05, 0) is 19.3 Å². The van der Waals surface area contributed by atoms with Crippen molar-refractivity contribution in [3.63, 3.8) is 0 Å². The molecule has 1 amide bonds. The van der Waals surface area contributed by atoms with Gasteiger partial charge >= 0.3 is 5.97 Å². The SMILES string of the molecule is CC(=O)NCCC1(C(=O)O)CCCCC1. The molecule has 0 heterocycles. The molecular formula is C11H19NO3. The van der Waals surface area contributed by atoms with Crippen LogP contribution in [0.1, 0.15) is 45.4 Å². The second-order valence-corrected chi connectivity index (χ2v) is 4.38. The summed E-state index contributed by atoms with van der Waals surface area (Å²) < 4.78 is 0. The highest BCUT2D eigenvalue weighted by Crippen LogP contribution is 2.39. The second-order valence-electron chi connectivity index (χ2n) is 4.38. The molecule has 86 valence electrons. The predicted octanol–water partition coefficient (Wildman–Crippen LogP) is 1.55. The Kier molecular flexibility index (Phi) is 4.12. The minimum atomic E-state index is -0.701. The number of hydrogen-bond donors (Lipinski definition) is 2. The summed E-state index contributed by atoms with van der Waals surface area (Å²) in [6.07, 6.45) is 5.18. The van der Waals surface area contributed by atoms with E-state index in [1.807, 2.05) is 0 Å². The molecule has 15 heavy (non-hydrogen) atoms. The number of hydrogen-bond acceptors (Lipinski definition) is 2. The van der Waals surface area contributed by atoms with Crippen molar-refractivity contribution in [2.24, 2.45) is 5.41 Å². The van der Waals surface area contributed by atoms with Crippen LogP contribution >= 0.6 is 0 Å². The molecule has 0 aliphatic heterocycles. The Labute approximate surface area is 90.0 Å². The first kappa shape index (κ1) is 12.0. The van der Waals surface area contributed by atoms with E-state index in [1.54, 1.807) is 0 Å². The molecule has 0 saturated heterocycles. The van der Waals surface area contributed by atoms with E-state index in [0.717, 1.165) is 32.1 Å². The molecule has 4 nitrogen and oxygen atoms in total. The summed E-state index contributed by atoms with van der Waals surface area (Å²) in [5.74, 6) is -0.793. The minimum Gasteiger partial charge on any atom is -0.481 e. The second kappa shape index (κ2) is 5.14. The average molecular weight is 213 g/mol. The Hall–Kier alpha value is -1.06. The van der Waals surface area contributed by atoms with E-state index in [-0.39, 0.29) is 5.91 Å². The number of nitrogens with one attached hydrogen (secondary N) is 1. The van der Waals surface area contributed by atoms with Gasteiger partial charge in [0, 0.05) is 13.5 Å². The highest BCUT2D eigenvalue weighted by Gasteiger charge is 2.38. The van der Waals surface area contributed by atoms with E-state index >= 15 is 0 Å². The lowest BCUT2D eigenvalue weighted by atomic mass is 9.72. The molecule has 0 aromatic rings. The van der Waals surface area contributed by atoms with E-state index in [4.69, 9.17) is 0 Å². The van der Waals surface area contributed by atoms with Crippen molar-refractivity contribution < 1.29 is 14.7 Å². The zero-order valence-corrected chi connectivity index (χ0v) is 9.21. The molecule has 1 aliphatic carbocycles. The van der Waals surface area contributed by atoms with Gasteiger partial charge in [0.1, 0.15) is 0 Å². The van der Waals surface area contributed by atoms with Crippen molar-refractivity contribution in [2.45, 2.75) is 45.4 Å². The van der Waals surface area contributed by atoms with Gasteiger partial charge in [-0.25, -0.2) is 0 Å². The molecule has 0 spiro atoms. The summed E-state index contributed by atoms with van der Waals surface area (Å²) in [5.41, 5.74) is -0.583. The first-order valence-corrected chi connectivity index (χ1v) is 5.55. The smallest absolute Gasteiger partial charge is 0.309 e. The van der Waals surface area contributed by atoms with Crippen LogP contribution in [0, 0.1) is 5.41 Å². The standard InChI is InChI=1S/C11H19NO3/c1-9(13)12-8-7-11(10(14)15)5-3-2-4-6-11/h2-8H2,1H3,(H,12,13)(H,14,15). The van der Waals surface area contributed by atoms with Crippen molar-refractivity contribution in [1.29, 1.82) is 0 Å². The molecular weight excluding hydrogens is 194 g/mol. The number of carbonyl (C=O) groups is 2. The van der Waals surface area contributed by atoms with Crippen molar-refractivity contribution in [3.05, 3.63) is 0 Å². The van der Waals surface area contributed by atoms with Gasteiger partial charge in [-0.1, -0.05) is 19.3 Å². The summed E-state index contributed by atoms with van der Waals surface area (Å²) in [6.45, 7) is 1.93. The highest BCUT2D eigenvalue weighted by molar-refractivity contribution is 5.75. The van der Waals surface area contributed by atoms with E-state index in [0.29, 0.717) is 13.0 Å². The van der Waals surface area contributed by atoms with Crippen molar-refractivity contribution in [3.8, 4) is 0 Å². The fourth-order valence-corrected chi connectivity index (χ4v) is 2.28. The number of amides is 1. The number of aliphatic carboxylic acids is 1. The quantitative estimate of drug-likeness (QED) is 0.744. The molecule has 1 fully saturated rings. The van der Waals surface area contributed by atoms with Crippen molar-refractivity contribution >= 4 is 11.9 Å². The van der Waals surface area contributed by atoms with Gasteiger partial charge in [-0.15, -0.1) is 0 Å². The third-order valence-electron chi connectivity index (χ3n) is 3.24. The Balaban J connectivity index is 2.49. The van der Waals surface area contributed by atoms with Gasteiger partial charge in [-0.3, -0.25) is 9.59 Å². The Morgan fingerprint density at radius 3 is 2.33 bits per heavy atom. The normalized spacial score (nSPS) is 19.5. The van der Waals surface area contributed by atoms with Crippen LogP contribution in [0.3, 0.4) is 0 Å². The van der Waals surface area contributed by atoms with E-state index < -0.39 is 11.4 Å². The monoisotopic (exact) mass is 213 g/mol. The third-order valence-corrected chi connectivity index (χ3v) is 3.24. The molecule has 1 aliphatic rings. The van der Waals surface area contributed by atoms with Gasteiger partial charge in [0.05, 0.1) is 5.41 Å². The number of carboxylic acids is 1. The van der Waals surface area contributed by atoms with Crippen LogP contribution in [0.2, 0.25) is 0 Å². The average Bonchev–Trinajstić information content (AvgIpc) is 2.18. The van der Waals surface area contributed by atoms with Gasteiger partial charge in [0.2, 0.25) is 5.91 Å². The minimum absolute atomic E-state index is 0.0913. The lowest BCUT2D eigenvalue weighted by molar-refractivity contribution is -0.151. The lowest BCUT2D eigenvalue weighted by Gasteiger charge is -2.33. The summed E-state index contributed by atoms with van der Waals surface area (Å²) in [6, 6.07) is 0. The van der Waals surface area contributed by atoms with Crippen LogP contribution < -0.4 is 5.32 Å². The molecule has 2 N–H and O–H groups in total. The molecule has 0 aromatic heterocycles. The van der Waals surface area contributed by atoms with Gasteiger partial charge in [0.25, 0.3) is 0 Å². The fraction of sp³-hybridized carbons (Fsp3) is 0.818. The summed E-state index contributed by atoms with van der Waals surface area (Å²) in [4.78, 5) is 21.9. The predicted molar refractivity (Wildman–Crippen MR) is 56.5 cm³/mol. The first-order valence-electron chi connectivity index (χ1n) is 5.55. The van der Waals surface area contributed by atoms with Gasteiger partial charge < -0.3 is 10.4 Å². The van der Waals surface area contributed by atoms with E-state index in [9.17, 15) is 14.7 Å². The molecule has 0 unspecified atom stereocenters. The van der Waals surface area contributed by atoms with E-state index in [1.165, 1.54) is 6.92 Å². The van der Waals surface area contributed by atoms with Gasteiger partial charge in [0.15, 0.2) is 0 Å². The zero-order chi connectivity index (χ0) is 11.3. The Bertz CT molecular complexity index is 244. The van der Waals surface area contributed by atoms with Crippen LogP contribution in [0.4, 0.5) is 0 Å². The molecule has 4 heteroatoms. The largest absolute Gasteiger partial charge is 0.481 e. The molecule has 0 bridgehead atoms. The highest BCUT2D eigenvalue weighted by atomic mass is 16.4. The molecule has 0 radical (unpaired) electrons. The van der Waals surface area contributed by atoms with Crippen LogP contribution in [0.15, 0.2) is 0 Å². The maximum atomic E-state index is 11.2. The Morgan fingerprint density at radius 2 is 1.87 bits per heavy atom. The van der Waals surface area contributed by atoms with Crippen LogP contribution in [-0.2, 0) is 9.59 Å². The Morgan fingerprint density at radius 1 is 1.27 bits per heavy atom. The number of carboxylic acid groups (broad SMARTS) is 1. The first-order chi connectivity index (χ1) is 7.07.